The number of furan rings is 1. The Labute approximate surface area is 98.7 Å². The molecular weight excluding hydrogens is 256 g/mol. The van der Waals surface area contributed by atoms with Gasteiger partial charge in [-0.25, -0.2) is 0 Å². The van der Waals surface area contributed by atoms with Crippen molar-refractivity contribution in [3.05, 3.63) is 22.6 Å². The predicted octanol–water partition coefficient (Wildman–Crippen LogP) is 2.21. The molecule has 1 aliphatic rings. The Kier molecular flexibility index (Phi) is 3.83. The van der Waals surface area contributed by atoms with Crippen LogP contribution in [0.4, 0.5) is 0 Å². The van der Waals surface area contributed by atoms with Crippen molar-refractivity contribution >= 4 is 15.9 Å². The van der Waals surface area contributed by atoms with Gasteiger partial charge in [0.1, 0.15) is 5.76 Å². The van der Waals surface area contributed by atoms with Gasteiger partial charge in [-0.15, -0.1) is 0 Å². The predicted molar refractivity (Wildman–Crippen MR) is 63.5 cm³/mol. The van der Waals surface area contributed by atoms with Gasteiger partial charge in [-0.1, -0.05) is 0 Å². The summed E-state index contributed by atoms with van der Waals surface area (Å²) in [6.45, 7) is 4.03. The van der Waals surface area contributed by atoms with Gasteiger partial charge in [0.05, 0.1) is 6.54 Å². The molecule has 2 N–H and O–H groups in total. The molecule has 15 heavy (non-hydrogen) atoms. The first-order chi connectivity index (χ1) is 7.28. The first kappa shape index (κ1) is 11.2. The molecule has 1 aromatic rings. The number of hydrogen-bond donors (Lipinski definition) is 1. The highest BCUT2D eigenvalue weighted by molar-refractivity contribution is 9.10. The Balaban J connectivity index is 1.82. The molecule has 4 heteroatoms. The van der Waals surface area contributed by atoms with Gasteiger partial charge in [0, 0.05) is 0 Å². The molecule has 0 radical (unpaired) electrons. The van der Waals surface area contributed by atoms with E-state index in [1.807, 2.05) is 12.1 Å². The van der Waals surface area contributed by atoms with Crippen LogP contribution in [0.3, 0.4) is 0 Å². The second-order valence-corrected chi connectivity index (χ2v) is 4.94. The number of hydrogen-bond acceptors (Lipinski definition) is 3. The SMILES string of the molecule is NCC1CCN(Cc2ccc(Br)o2)CC1. The fraction of sp³-hybridized carbons (Fsp3) is 0.636. The van der Waals surface area contributed by atoms with E-state index in [0.717, 1.165) is 42.5 Å². The molecule has 2 rings (SSSR count). The minimum atomic E-state index is 0.726. The van der Waals surface area contributed by atoms with Crippen LogP contribution >= 0.6 is 15.9 Å². The van der Waals surface area contributed by atoms with Gasteiger partial charge < -0.3 is 10.2 Å². The number of nitrogens with two attached hydrogens (primary N) is 1. The van der Waals surface area contributed by atoms with E-state index in [1.54, 1.807) is 0 Å². The summed E-state index contributed by atoms with van der Waals surface area (Å²) in [6, 6.07) is 3.97. The maximum atomic E-state index is 5.66. The number of nitrogens with zero attached hydrogens (tertiary/aromatic N) is 1. The number of rotatable bonds is 3. The van der Waals surface area contributed by atoms with Gasteiger partial charge in [0.2, 0.25) is 0 Å². The molecule has 3 nitrogen and oxygen atoms in total. The van der Waals surface area contributed by atoms with Crippen molar-refractivity contribution in [2.75, 3.05) is 19.6 Å². The molecule has 2 heterocycles. The summed E-state index contributed by atoms with van der Waals surface area (Å²) >= 11 is 3.32. The highest BCUT2D eigenvalue weighted by atomic mass is 79.9. The maximum absolute atomic E-state index is 5.66. The lowest BCUT2D eigenvalue weighted by atomic mass is 9.97. The summed E-state index contributed by atoms with van der Waals surface area (Å²) in [6.07, 6.45) is 2.44. The van der Waals surface area contributed by atoms with Crippen LogP contribution in [-0.4, -0.2) is 24.5 Å². The molecule has 1 aromatic heterocycles. The molecule has 0 bridgehead atoms. The van der Waals surface area contributed by atoms with E-state index in [9.17, 15) is 0 Å². The van der Waals surface area contributed by atoms with E-state index in [-0.39, 0.29) is 0 Å². The first-order valence-corrected chi connectivity index (χ1v) is 6.24. The van der Waals surface area contributed by atoms with Crippen LogP contribution in [0, 0.1) is 5.92 Å². The largest absolute Gasteiger partial charge is 0.453 e. The molecule has 1 fully saturated rings. The lowest BCUT2D eigenvalue weighted by Crippen LogP contribution is -2.35. The van der Waals surface area contributed by atoms with Gasteiger partial charge in [-0.2, -0.15) is 0 Å². The summed E-state index contributed by atoms with van der Waals surface area (Å²) < 4.78 is 6.30. The van der Waals surface area contributed by atoms with Gasteiger partial charge in [0.15, 0.2) is 4.67 Å². The smallest absolute Gasteiger partial charge is 0.169 e. The van der Waals surface area contributed by atoms with E-state index in [0.29, 0.717) is 0 Å². The van der Waals surface area contributed by atoms with Gasteiger partial charge in [0.25, 0.3) is 0 Å². The Bertz CT molecular complexity index is 305. The average Bonchev–Trinajstić information content (AvgIpc) is 2.65. The van der Waals surface area contributed by atoms with Crippen LogP contribution < -0.4 is 5.73 Å². The third-order valence-corrected chi connectivity index (χ3v) is 3.47. The summed E-state index contributed by atoms with van der Waals surface area (Å²) in [5.41, 5.74) is 5.66. The topological polar surface area (TPSA) is 42.4 Å². The third-order valence-electron chi connectivity index (χ3n) is 3.05. The Morgan fingerprint density at radius 2 is 2.13 bits per heavy atom. The molecule has 0 amide bonds. The van der Waals surface area contributed by atoms with Crippen molar-refractivity contribution in [3.8, 4) is 0 Å². The van der Waals surface area contributed by atoms with Gasteiger partial charge in [-0.05, 0) is 66.5 Å². The minimum Gasteiger partial charge on any atom is -0.453 e. The zero-order chi connectivity index (χ0) is 10.7. The van der Waals surface area contributed by atoms with Crippen LogP contribution in [0.2, 0.25) is 0 Å². The standard InChI is InChI=1S/C11H17BrN2O/c12-11-2-1-10(15-11)8-14-5-3-9(7-13)4-6-14/h1-2,9H,3-8,13H2. The minimum absolute atomic E-state index is 0.726. The zero-order valence-electron chi connectivity index (χ0n) is 8.79. The molecule has 84 valence electrons. The van der Waals surface area contributed by atoms with Crippen molar-refractivity contribution in [3.63, 3.8) is 0 Å². The summed E-state index contributed by atoms with van der Waals surface area (Å²) in [5.74, 6) is 1.76. The van der Waals surface area contributed by atoms with Crippen LogP contribution in [0.1, 0.15) is 18.6 Å². The fourth-order valence-corrected chi connectivity index (χ4v) is 2.38. The molecular formula is C11H17BrN2O. The first-order valence-electron chi connectivity index (χ1n) is 5.44. The molecule has 0 aromatic carbocycles. The van der Waals surface area contributed by atoms with Crippen LogP contribution in [0.25, 0.3) is 0 Å². The second kappa shape index (κ2) is 5.14. The number of likely N-dealkylation sites (tertiary alicyclic amines) is 1. The summed E-state index contributed by atoms with van der Waals surface area (Å²) in [5, 5.41) is 0. The average molecular weight is 273 g/mol. The normalized spacial score (nSPS) is 19.6. The highest BCUT2D eigenvalue weighted by Gasteiger charge is 2.18. The molecule has 1 saturated heterocycles. The van der Waals surface area contributed by atoms with Crippen molar-refractivity contribution in [1.82, 2.24) is 4.90 Å². The summed E-state index contributed by atoms with van der Waals surface area (Å²) in [4.78, 5) is 2.43. The van der Waals surface area contributed by atoms with Crippen LogP contribution in [-0.2, 0) is 6.54 Å². The van der Waals surface area contributed by atoms with Crippen LogP contribution in [0.15, 0.2) is 21.2 Å². The molecule has 0 aliphatic carbocycles. The Hall–Kier alpha value is -0.320. The van der Waals surface area contributed by atoms with Crippen molar-refractivity contribution < 1.29 is 4.42 Å². The lowest BCUT2D eigenvalue weighted by molar-refractivity contribution is 0.169. The van der Waals surface area contributed by atoms with E-state index in [1.165, 1.54) is 12.8 Å². The van der Waals surface area contributed by atoms with E-state index >= 15 is 0 Å². The molecule has 1 aliphatic heterocycles. The van der Waals surface area contributed by atoms with Gasteiger partial charge in [-0.3, -0.25) is 4.90 Å². The molecule has 0 atom stereocenters. The maximum Gasteiger partial charge on any atom is 0.169 e. The molecule has 0 spiro atoms. The molecule has 0 unspecified atom stereocenters. The van der Waals surface area contributed by atoms with E-state index < -0.39 is 0 Å². The van der Waals surface area contributed by atoms with E-state index in [4.69, 9.17) is 10.2 Å². The Morgan fingerprint density at radius 3 is 2.67 bits per heavy atom. The van der Waals surface area contributed by atoms with E-state index in [2.05, 4.69) is 20.8 Å². The quantitative estimate of drug-likeness (QED) is 0.918. The lowest BCUT2D eigenvalue weighted by Gasteiger charge is -2.30. The summed E-state index contributed by atoms with van der Waals surface area (Å²) in [7, 11) is 0. The number of piperidine rings is 1. The zero-order valence-corrected chi connectivity index (χ0v) is 10.4. The van der Waals surface area contributed by atoms with Crippen LogP contribution in [0.5, 0.6) is 0 Å². The highest BCUT2D eigenvalue weighted by Crippen LogP contribution is 2.20. The molecule has 0 saturated carbocycles. The van der Waals surface area contributed by atoms with Crippen molar-refractivity contribution in [2.45, 2.75) is 19.4 Å². The second-order valence-electron chi connectivity index (χ2n) is 4.16. The van der Waals surface area contributed by atoms with Crippen molar-refractivity contribution in [1.29, 1.82) is 0 Å². The number of halogens is 1. The monoisotopic (exact) mass is 272 g/mol. The van der Waals surface area contributed by atoms with Gasteiger partial charge >= 0.3 is 0 Å². The fourth-order valence-electron chi connectivity index (χ4n) is 2.04. The third kappa shape index (κ3) is 3.06. The Morgan fingerprint density at radius 1 is 1.40 bits per heavy atom. The van der Waals surface area contributed by atoms with Crippen molar-refractivity contribution in [2.24, 2.45) is 11.7 Å².